The second-order valence-corrected chi connectivity index (χ2v) is 4.84. The van der Waals surface area contributed by atoms with Gasteiger partial charge in [-0.1, -0.05) is 0 Å². The summed E-state index contributed by atoms with van der Waals surface area (Å²) in [5.74, 6) is -0.329. The highest BCUT2D eigenvalue weighted by Gasteiger charge is 2.22. The fourth-order valence-corrected chi connectivity index (χ4v) is 2.02. The molecule has 0 heterocycles. The molecule has 0 bridgehead atoms. The van der Waals surface area contributed by atoms with Crippen LogP contribution in [0.3, 0.4) is 0 Å². The Hall–Kier alpha value is -2.15. The molecule has 21 heavy (non-hydrogen) atoms. The van der Waals surface area contributed by atoms with Crippen LogP contribution >= 0.6 is 0 Å². The lowest BCUT2D eigenvalue weighted by molar-refractivity contribution is -0.384. The van der Waals surface area contributed by atoms with Gasteiger partial charge in [-0.2, -0.15) is 0 Å². The van der Waals surface area contributed by atoms with Crippen molar-refractivity contribution in [1.29, 1.82) is 0 Å². The van der Waals surface area contributed by atoms with Gasteiger partial charge in [0, 0.05) is 30.8 Å². The number of nitro benzene ring substituents is 1. The molecule has 0 radical (unpaired) electrons. The Morgan fingerprint density at radius 3 is 2.62 bits per heavy atom. The summed E-state index contributed by atoms with van der Waals surface area (Å²) < 4.78 is 0. The van der Waals surface area contributed by atoms with E-state index >= 15 is 0 Å². The maximum absolute atomic E-state index is 12.4. The first kappa shape index (κ1) is 16.9. The van der Waals surface area contributed by atoms with Crippen molar-refractivity contribution in [3.05, 3.63) is 33.9 Å². The summed E-state index contributed by atoms with van der Waals surface area (Å²) in [5.41, 5.74) is 0.498. The molecule has 0 unspecified atom stereocenters. The molecule has 1 aromatic rings. The van der Waals surface area contributed by atoms with E-state index in [-0.39, 0.29) is 36.4 Å². The molecule has 7 heteroatoms. The van der Waals surface area contributed by atoms with Crippen molar-refractivity contribution in [3.8, 4) is 0 Å². The van der Waals surface area contributed by atoms with E-state index in [1.807, 2.05) is 20.8 Å². The van der Waals surface area contributed by atoms with E-state index < -0.39 is 4.92 Å². The summed E-state index contributed by atoms with van der Waals surface area (Å²) in [6.45, 7) is 6.09. The number of hydrogen-bond donors (Lipinski definition) is 2. The number of carbonyl (C=O) groups excluding carboxylic acids is 1. The number of aliphatic hydroxyl groups excluding tert-OH is 1. The zero-order valence-electron chi connectivity index (χ0n) is 12.5. The molecule has 0 saturated heterocycles. The van der Waals surface area contributed by atoms with Crippen LogP contribution in [0.15, 0.2) is 18.2 Å². The predicted octanol–water partition coefficient (Wildman–Crippen LogP) is 1.87. The standard InChI is InChI=1S/C14H21N3O4/c1-4-15-12-6-5-11(9-13(12)17(20)21)14(19)16(7-8-18)10(2)3/h5-6,9-10,15,18H,4,7-8H2,1-3H3. The number of aliphatic hydroxyl groups is 1. The molecule has 0 aromatic heterocycles. The van der Waals surface area contributed by atoms with Gasteiger partial charge in [-0.05, 0) is 32.9 Å². The molecule has 116 valence electrons. The number of hydrogen-bond acceptors (Lipinski definition) is 5. The normalized spacial score (nSPS) is 10.5. The van der Waals surface area contributed by atoms with Gasteiger partial charge in [-0.25, -0.2) is 0 Å². The zero-order valence-corrected chi connectivity index (χ0v) is 12.5. The summed E-state index contributed by atoms with van der Waals surface area (Å²) in [6.07, 6.45) is 0. The van der Waals surface area contributed by atoms with Crippen LogP contribution in [0.4, 0.5) is 11.4 Å². The van der Waals surface area contributed by atoms with E-state index in [9.17, 15) is 14.9 Å². The maximum Gasteiger partial charge on any atom is 0.293 e. The van der Waals surface area contributed by atoms with Crippen molar-refractivity contribution in [2.45, 2.75) is 26.8 Å². The highest BCUT2D eigenvalue weighted by Crippen LogP contribution is 2.26. The maximum atomic E-state index is 12.4. The first-order valence-corrected chi connectivity index (χ1v) is 6.86. The Labute approximate surface area is 123 Å². The molecular formula is C14H21N3O4. The quantitative estimate of drug-likeness (QED) is 0.591. The Bertz CT molecular complexity index is 517. The third-order valence-corrected chi connectivity index (χ3v) is 3.03. The summed E-state index contributed by atoms with van der Waals surface area (Å²) >= 11 is 0. The van der Waals surface area contributed by atoms with Crippen molar-refractivity contribution in [3.63, 3.8) is 0 Å². The number of amides is 1. The Morgan fingerprint density at radius 1 is 1.48 bits per heavy atom. The van der Waals surface area contributed by atoms with Gasteiger partial charge in [0.1, 0.15) is 5.69 Å². The van der Waals surface area contributed by atoms with Crippen LogP contribution in [0.25, 0.3) is 0 Å². The van der Waals surface area contributed by atoms with Gasteiger partial charge in [0.05, 0.1) is 11.5 Å². The lowest BCUT2D eigenvalue weighted by Gasteiger charge is -2.26. The summed E-state index contributed by atoms with van der Waals surface area (Å²) in [5, 5.41) is 23.0. The smallest absolute Gasteiger partial charge is 0.293 e. The van der Waals surface area contributed by atoms with Crippen molar-refractivity contribution in [2.75, 3.05) is 25.0 Å². The van der Waals surface area contributed by atoms with E-state index in [0.717, 1.165) is 0 Å². The lowest BCUT2D eigenvalue weighted by atomic mass is 10.1. The molecule has 0 aliphatic rings. The highest BCUT2D eigenvalue weighted by molar-refractivity contribution is 5.96. The van der Waals surface area contributed by atoms with Crippen molar-refractivity contribution in [2.24, 2.45) is 0 Å². The number of anilines is 1. The molecule has 1 aromatic carbocycles. The Kier molecular flexibility index (Phi) is 6.10. The van der Waals surface area contributed by atoms with Crippen LogP contribution in [0.1, 0.15) is 31.1 Å². The monoisotopic (exact) mass is 295 g/mol. The molecule has 1 rings (SSSR count). The first-order chi connectivity index (χ1) is 9.92. The molecule has 7 nitrogen and oxygen atoms in total. The number of rotatable bonds is 7. The van der Waals surface area contributed by atoms with Gasteiger partial charge >= 0.3 is 0 Å². The largest absolute Gasteiger partial charge is 0.395 e. The highest BCUT2D eigenvalue weighted by atomic mass is 16.6. The van der Waals surface area contributed by atoms with Crippen molar-refractivity contribution in [1.82, 2.24) is 4.90 Å². The SMILES string of the molecule is CCNc1ccc(C(=O)N(CCO)C(C)C)cc1[N+](=O)[O-]. The fraction of sp³-hybridized carbons (Fsp3) is 0.500. The van der Waals surface area contributed by atoms with Gasteiger partial charge in [-0.3, -0.25) is 14.9 Å². The number of nitrogens with one attached hydrogen (secondary N) is 1. The second kappa shape index (κ2) is 7.58. The van der Waals surface area contributed by atoms with Crippen LogP contribution in [-0.4, -0.2) is 46.6 Å². The predicted molar refractivity (Wildman–Crippen MR) is 80.5 cm³/mol. The number of nitro groups is 1. The molecule has 0 fully saturated rings. The summed E-state index contributed by atoms with van der Waals surface area (Å²) in [4.78, 5) is 24.5. The van der Waals surface area contributed by atoms with E-state index in [4.69, 9.17) is 5.11 Å². The summed E-state index contributed by atoms with van der Waals surface area (Å²) in [7, 11) is 0. The summed E-state index contributed by atoms with van der Waals surface area (Å²) in [6, 6.07) is 4.26. The van der Waals surface area contributed by atoms with E-state index in [0.29, 0.717) is 12.2 Å². The third kappa shape index (κ3) is 4.16. The van der Waals surface area contributed by atoms with Crippen LogP contribution in [0, 0.1) is 10.1 Å². The lowest BCUT2D eigenvalue weighted by Crippen LogP contribution is -2.39. The fourth-order valence-electron chi connectivity index (χ4n) is 2.02. The van der Waals surface area contributed by atoms with E-state index in [2.05, 4.69) is 5.32 Å². The topological polar surface area (TPSA) is 95.7 Å². The van der Waals surface area contributed by atoms with Crippen LogP contribution in [0.5, 0.6) is 0 Å². The number of carbonyl (C=O) groups is 1. The van der Waals surface area contributed by atoms with Gasteiger partial charge < -0.3 is 15.3 Å². The van der Waals surface area contributed by atoms with Gasteiger partial charge in [-0.15, -0.1) is 0 Å². The minimum absolute atomic E-state index is 0.0999. The van der Waals surface area contributed by atoms with Crippen LogP contribution in [0.2, 0.25) is 0 Å². The first-order valence-electron chi connectivity index (χ1n) is 6.86. The number of benzene rings is 1. The molecular weight excluding hydrogens is 274 g/mol. The molecule has 2 N–H and O–H groups in total. The average molecular weight is 295 g/mol. The van der Waals surface area contributed by atoms with Gasteiger partial charge in [0.15, 0.2) is 0 Å². The molecule has 0 atom stereocenters. The number of nitrogens with zero attached hydrogens (tertiary/aromatic N) is 2. The minimum Gasteiger partial charge on any atom is -0.395 e. The Balaban J connectivity index is 3.15. The van der Waals surface area contributed by atoms with Crippen molar-refractivity contribution < 1.29 is 14.8 Å². The average Bonchev–Trinajstić information content (AvgIpc) is 2.44. The molecule has 0 aliphatic heterocycles. The van der Waals surface area contributed by atoms with Crippen LogP contribution < -0.4 is 5.32 Å². The molecule has 0 aliphatic carbocycles. The van der Waals surface area contributed by atoms with Gasteiger partial charge in [0.25, 0.3) is 11.6 Å². The molecule has 0 spiro atoms. The minimum atomic E-state index is -0.513. The van der Waals surface area contributed by atoms with E-state index in [1.165, 1.54) is 17.0 Å². The van der Waals surface area contributed by atoms with E-state index in [1.54, 1.807) is 6.07 Å². The Morgan fingerprint density at radius 2 is 2.14 bits per heavy atom. The second-order valence-electron chi connectivity index (χ2n) is 4.84. The third-order valence-electron chi connectivity index (χ3n) is 3.03. The molecule has 0 saturated carbocycles. The van der Waals surface area contributed by atoms with Crippen LogP contribution in [-0.2, 0) is 0 Å². The van der Waals surface area contributed by atoms with Crippen molar-refractivity contribution >= 4 is 17.3 Å². The zero-order chi connectivity index (χ0) is 16.0. The van der Waals surface area contributed by atoms with Gasteiger partial charge in [0.2, 0.25) is 0 Å². The molecule has 1 amide bonds.